The molecule has 1 aliphatic rings. The Hall–Kier alpha value is -2.60. The summed E-state index contributed by atoms with van der Waals surface area (Å²) in [5, 5.41) is 0. The first-order valence-electron chi connectivity index (χ1n) is 9.18. The molecule has 27 heavy (non-hydrogen) atoms. The molecule has 1 aromatic heterocycles. The number of anilines is 2. The molecule has 5 nitrogen and oxygen atoms in total. The second-order valence-electron chi connectivity index (χ2n) is 6.59. The lowest BCUT2D eigenvalue weighted by Gasteiger charge is -2.33. The lowest BCUT2D eigenvalue weighted by Crippen LogP contribution is -2.43. The number of hydrogen-bond acceptors (Lipinski definition) is 5. The van der Waals surface area contributed by atoms with Gasteiger partial charge in [0.05, 0.1) is 11.0 Å². The molecule has 6 heteroatoms. The van der Waals surface area contributed by atoms with Crippen LogP contribution in [0.5, 0.6) is 0 Å². The summed E-state index contributed by atoms with van der Waals surface area (Å²) in [4.78, 5) is 27.4. The number of carbonyl (C=O) groups excluding carboxylic acids is 1. The summed E-state index contributed by atoms with van der Waals surface area (Å²) in [5.74, 6) is 2.53. The number of likely N-dealkylation sites (N-methyl/N-ethyl adjacent to an activating group) is 1. The van der Waals surface area contributed by atoms with E-state index in [0.717, 1.165) is 35.6 Å². The van der Waals surface area contributed by atoms with E-state index < -0.39 is 0 Å². The number of fused-ring (bicyclic) bond motifs is 2. The lowest BCUT2D eigenvalue weighted by molar-refractivity contribution is -0.118. The third-order valence-corrected chi connectivity index (χ3v) is 5.76. The van der Waals surface area contributed by atoms with Crippen molar-refractivity contribution in [2.24, 2.45) is 0 Å². The van der Waals surface area contributed by atoms with Crippen LogP contribution in [-0.2, 0) is 4.79 Å². The van der Waals surface area contributed by atoms with Gasteiger partial charge < -0.3 is 4.90 Å². The Morgan fingerprint density at radius 3 is 2.37 bits per heavy atom. The van der Waals surface area contributed by atoms with E-state index >= 15 is 0 Å². The number of rotatable bonds is 5. The molecular formula is C21H22N4OS. The van der Waals surface area contributed by atoms with Gasteiger partial charge >= 0.3 is 0 Å². The van der Waals surface area contributed by atoms with Gasteiger partial charge in [0.1, 0.15) is 0 Å². The van der Waals surface area contributed by atoms with Gasteiger partial charge in [-0.05, 0) is 36.4 Å². The molecule has 0 bridgehead atoms. The van der Waals surface area contributed by atoms with Crippen molar-refractivity contribution in [3.8, 4) is 0 Å². The monoisotopic (exact) mass is 378 g/mol. The van der Waals surface area contributed by atoms with Crippen LogP contribution in [0.1, 0.15) is 12.8 Å². The Kier molecular flexibility index (Phi) is 5.25. The summed E-state index contributed by atoms with van der Waals surface area (Å²) in [7, 11) is 2.00. The highest BCUT2D eigenvalue weighted by molar-refractivity contribution is 7.99. The molecule has 138 valence electrons. The normalized spacial score (nSPS) is 13.7. The fourth-order valence-corrected chi connectivity index (χ4v) is 4.06. The number of aromatic nitrogens is 2. The minimum Gasteiger partial charge on any atom is -0.355 e. The summed E-state index contributed by atoms with van der Waals surface area (Å²) in [6.45, 7) is 1.42. The molecular weight excluding hydrogens is 356 g/mol. The van der Waals surface area contributed by atoms with Crippen molar-refractivity contribution in [1.29, 1.82) is 0 Å². The van der Waals surface area contributed by atoms with E-state index in [-0.39, 0.29) is 5.91 Å². The number of benzene rings is 2. The van der Waals surface area contributed by atoms with Gasteiger partial charge in [-0.2, -0.15) is 0 Å². The average molecular weight is 379 g/mol. The fourth-order valence-electron chi connectivity index (χ4n) is 3.19. The van der Waals surface area contributed by atoms with Crippen molar-refractivity contribution >= 4 is 40.3 Å². The lowest BCUT2D eigenvalue weighted by atomic mass is 10.2. The number of thioether (sulfide) groups is 1. The van der Waals surface area contributed by atoms with Crippen LogP contribution >= 0.6 is 11.8 Å². The fraction of sp³-hybridized carbons (Fsp3) is 0.286. The van der Waals surface area contributed by atoms with Crippen LogP contribution in [0.25, 0.3) is 11.0 Å². The first kappa shape index (κ1) is 17.8. The largest absolute Gasteiger partial charge is 0.355 e. The third kappa shape index (κ3) is 3.90. The van der Waals surface area contributed by atoms with Crippen LogP contribution in [0.2, 0.25) is 0 Å². The summed E-state index contributed by atoms with van der Waals surface area (Å²) in [6.07, 6.45) is 1.37. The Labute approximate surface area is 163 Å². The maximum absolute atomic E-state index is 12.8. The van der Waals surface area contributed by atoms with Gasteiger partial charge in [0, 0.05) is 31.5 Å². The van der Waals surface area contributed by atoms with Gasteiger partial charge in [0.2, 0.25) is 5.91 Å². The smallest absolute Gasteiger partial charge is 0.228 e. The van der Waals surface area contributed by atoms with Crippen molar-refractivity contribution in [2.45, 2.75) is 17.7 Å². The Morgan fingerprint density at radius 2 is 1.63 bits per heavy atom. The van der Waals surface area contributed by atoms with E-state index in [1.807, 2.05) is 54.4 Å². The third-order valence-electron chi connectivity index (χ3n) is 4.66. The van der Waals surface area contributed by atoms with Crippen LogP contribution < -0.4 is 9.80 Å². The van der Waals surface area contributed by atoms with Gasteiger partial charge in [-0.25, -0.2) is 9.97 Å². The Morgan fingerprint density at radius 1 is 0.963 bits per heavy atom. The van der Waals surface area contributed by atoms with Crippen molar-refractivity contribution in [3.05, 3.63) is 54.6 Å². The minimum absolute atomic E-state index is 0.127. The molecule has 3 aromatic rings. The van der Waals surface area contributed by atoms with Crippen LogP contribution in [-0.4, -0.2) is 41.8 Å². The molecule has 2 heterocycles. The summed E-state index contributed by atoms with van der Waals surface area (Å²) < 4.78 is 0. The minimum atomic E-state index is 0.127. The molecule has 0 saturated heterocycles. The zero-order valence-electron chi connectivity index (χ0n) is 15.3. The zero-order chi connectivity index (χ0) is 18.6. The molecule has 2 aromatic carbocycles. The molecule has 1 aliphatic heterocycles. The molecule has 0 radical (unpaired) electrons. The molecule has 0 saturated carbocycles. The highest BCUT2D eigenvalue weighted by Crippen LogP contribution is 2.31. The second kappa shape index (κ2) is 7.96. The Bertz CT molecular complexity index is 947. The molecule has 0 N–H and O–H groups in total. The predicted molar refractivity (Wildman–Crippen MR) is 112 cm³/mol. The topological polar surface area (TPSA) is 49.3 Å². The summed E-state index contributed by atoms with van der Waals surface area (Å²) in [5.41, 5.74) is 1.68. The van der Waals surface area contributed by atoms with Gasteiger partial charge in [-0.1, -0.05) is 30.3 Å². The highest BCUT2D eigenvalue weighted by atomic mass is 32.2. The quantitative estimate of drug-likeness (QED) is 0.496. The highest BCUT2D eigenvalue weighted by Gasteiger charge is 2.28. The number of hydrogen-bond donors (Lipinski definition) is 0. The summed E-state index contributed by atoms with van der Waals surface area (Å²) in [6, 6.07) is 18.1. The van der Waals surface area contributed by atoms with E-state index in [4.69, 9.17) is 9.97 Å². The van der Waals surface area contributed by atoms with Crippen LogP contribution in [0.3, 0.4) is 0 Å². The van der Waals surface area contributed by atoms with Crippen molar-refractivity contribution in [1.82, 2.24) is 9.97 Å². The first-order valence-corrected chi connectivity index (χ1v) is 10.2. The molecule has 1 amide bonds. The van der Waals surface area contributed by atoms with Crippen molar-refractivity contribution in [3.63, 3.8) is 0 Å². The average Bonchev–Trinajstić information content (AvgIpc) is 2.71. The van der Waals surface area contributed by atoms with E-state index in [1.54, 1.807) is 11.8 Å². The maximum Gasteiger partial charge on any atom is 0.228 e. The van der Waals surface area contributed by atoms with Gasteiger partial charge in [-0.15, -0.1) is 11.8 Å². The van der Waals surface area contributed by atoms with Crippen LogP contribution in [0, 0.1) is 0 Å². The molecule has 0 atom stereocenters. The van der Waals surface area contributed by atoms with E-state index in [0.29, 0.717) is 18.8 Å². The van der Waals surface area contributed by atoms with Crippen LogP contribution in [0.4, 0.5) is 11.6 Å². The second-order valence-corrected chi connectivity index (χ2v) is 7.76. The molecule has 0 aliphatic carbocycles. The number of amides is 1. The van der Waals surface area contributed by atoms with E-state index in [2.05, 4.69) is 17.0 Å². The SMILES string of the molecule is CN1CCN(C(=O)CCCSc2ccccc2)c2nc3ccccc3nc21. The number of carbonyl (C=O) groups is 1. The zero-order valence-corrected chi connectivity index (χ0v) is 16.2. The molecule has 0 unspecified atom stereocenters. The predicted octanol–water partition coefficient (Wildman–Crippen LogP) is 3.99. The van der Waals surface area contributed by atoms with Crippen molar-refractivity contribution in [2.75, 3.05) is 35.7 Å². The number of nitrogens with zero attached hydrogens (tertiary/aromatic N) is 4. The van der Waals surface area contributed by atoms with E-state index in [9.17, 15) is 4.79 Å². The molecule has 0 fully saturated rings. The molecule has 4 rings (SSSR count). The van der Waals surface area contributed by atoms with Crippen molar-refractivity contribution < 1.29 is 4.79 Å². The Balaban J connectivity index is 1.45. The maximum atomic E-state index is 12.8. The van der Waals surface area contributed by atoms with Gasteiger partial charge in [0.25, 0.3) is 0 Å². The summed E-state index contributed by atoms with van der Waals surface area (Å²) >= 11 is 1.79. The molecule has 0 spiro atoms. The number of para-hydroxylation sites is 2. The van der Waals surface area contributed by atoms with Gasteiger partial charge in [0.15, 0.2) is 11.6 Å². The van der Waals surface area contributed by atoms with Crippen LogP contribution in [0.15, 0.2) is 59.5 Å². The van der Waals surface area contributed by atoms with Gasteiger partial charge in [-0.3, -0.25) is 9.69 Å². The first-order chi connectivity index (χ1) is 13.2. The van der Waals surface area contributed by atoms with E-state index in [1.165, 1.54) is 4.90 Å². The standard InChI is InChI=1S/C21H22N4OS/c1-24-13-14-25(19(26)12-7-15-27-16-8-3-2-4-9-16)21-20(24)22-17-10-5-6-11-18(17)23-21/h2-6,8-11H,7,12-15H2,1H3.